The zero-order valence-electron chi connectivity index (χ0n) is 19.7. The van der Waals surface area contributed by atoms with Gasteiger partial charge in [-0.3, -0.25) is 19.8 Å². The monoisotopic (exact) mass is 486 g/mol. The molecule has 1 N–H and O–H groups in total. The van der Waals surface area contributed by atoms with E-state index in [1.165, 1.54) is 10.6 Å². The normalized spacial score (nSPS) is 17.8. The molecule has 3 aromatic rings. The van der Waals surface area contributed by atoms with Gasteiger partial charge >= 0.3 is 0 Å². The summed E-state index contributed by atoms with van der Waals surface area (Å²) in [5, 5.41) is 2.73. The van der Waals surface area contributed by atoms with Crippen LogP contribution in [-0.4, -0.2) is 47.8 Å². The van der Waals surface area contributed by atoms with Crippen molar-refractivity contribution in [3.8, 4) is 5.69 Å². The van der Waals surface area contributed by atoms with Crippen LogP contribution in [0, 0.1) is 13.8 Å². The predicted octanol–water partition coefficient (Wildman–Crippen LogP) is 3.76. The highest BCUT2D eigenvalue weighted by Gasteiger charge is 2.34. The zero-order valence-corrected chi connectivity index (χ0v) is 20.5. The first-order valence-electron chi connectivity index (χ1n) is 11.5. The molecule has 178 valence electrons. The van der Waals surface area contributed by atoms with E-state index in [-0.39, 0.29) is 10.7 Å². The van der Waals surface area contributed by atoms with Crippen molar-refractivity contribution in [1.29, 1.82) is 0 Å². The fourth-order valence-corrected chi connectivity index (χ4v) is 4.87. The molecule has 0 spiro atoms. The number of benzene rings is 2. The maximum atomic E-state index is 13.3. The summed E-state index contributed by atoms with van der Waals surface area (Å²) in [6, 6.07) is 19.5. The van der Waals surface area contributed by atoms with Gasteiger partial charge < -0.3 is 14.2 Å². The number of carbonyl (C=O) groups is 2. The van der Waals surface area contributed by atoms with E-state index in [1.807, 2.05) is 38.1 Å². The molecule has 0 atom stereocenters. The molecule has 0 saturated carbocycles. The summed E-state index contributed by atoms with van der Waals surface area (Å²) >= 11 is 5.28. The molecule has 2 saturated heterocycles. The largest absolute Gasteiger partial charge is 0.378 e. The van der Waals surface area contributed by atoms with E-state index in [9.17, 15) is 9.59 Å². The topological polar surface area (TPSA) is 66.8 Å². The number of aromatic nitrogens is 1. The minimum absolute atomic E-state index is 0.0466. The van der Waals surface area contributed by atoms with Gasteiger partial charge in [0.15, 0.2) is 5.11 Å². The number of hydrogen-bond acceptors (Lipinski definition) is 5. The molecule has 2 fully saturated rings. The average Bonchev–Trinajstić information content (AvgIpc) is 3.15. The van der Waals surface area contributed by atoms with E-state index in [4.69, 9.17) is 17.0 Å². The van der Waals surface area contributed by atoms with Crippen molar-refractivity contribution >= 4 is 46.6 Å². The Labute approximate surface area is 209 Å². The van der Waals surface area contributed by atoms with E-state index in [0.717, 1.165) is 48.9 Å². The minimum Gasteiger partial charge on any atom is -0.378 e. The molecule has 0 unspecified atom stereocenters. The van der Waals surface area contributed by atoms with Gasteiger partial charge in [-0.2, -0.15) is 0 Å². The highest BCUT2D eigenvalue weighted by atomic mass is 32.1. The molecule has 7 nitrogen and oxygen atoms in total. The maximum Gasteiger partial charge on any atom is 0.270 e. The summed E-state index contributed by atoms with van der Waals surface area (Å²) in [5.41, 5.74) is 5.60. The third kappa shape index (κ3) is 4.38. The molecule has 0 bridgehead atoms. The lowest BCUT2D eigenvalue weighted by Crippen LogP contribution is -2.54. The van der Waals surface area contributed by atoms with Gasteiger partial charge in [0.05, 0.1) is 18.9 Å². The van der Waals surface area contributed by atoms with Crippen LogP contribution in [0.15, 0.2) is 66.2 Å². The third-order valence-corrected chi connectivity index (χ3v) is 6.65. The van der Waals surface area contributed by atoms with Gasteiger partial charge in [-0.1, -0.05) is 18.2 Å². The van der Waals surface area contributed by atoms with Crippen molar-refractivity contribution in [3.63, 3.8) is 0 Å². The number of thiocarbonyl (C=S) groups is 1. The number of ether oxygens (including phenoxy) is 1. The van der Waals surface area contributed by atoms with Crippen molar-refractivity contribution in [2.24, 2.45) is 0 Å². The summed E-state index contributed by atoms with van der Waals surface area (Å²) in [6.07, 6.45) is 1.65. The smallest absolute Gasteiger partial charge is 0.270 e. The van der Waals surface area contributed by atoms with Crippen LogP contribution >= 0.6 is 12.2 Å². The first-order chi connectivity index (χ1) is 16.9. The van der Waals surface area contributed by atoms with Gasteiger partial charge in [-0.25, -0.2) is 0 Å². The second-order valence-corrected chi connectivity index (χ2v) is 8.96. The second kappa shape index (κ2) is 9.48. The lowest BCUT2D eigenvalue weighted by Gasteiger charge is -2.29. The molecule has 2 amide bonds. The average molecular weight is 487 g/mol. The summed E-state index contributed by atoms with van der Waals surface area (Å²) in [6.45, 7) is 7.26. The number of rotatable bonds is 4. The van der Waals surface area contributed by atoms with Gasteiger partial charge in [0.2, 0.25) is 0 Å². The Morgan fingerprint density at radius 2 is 1.57 bits per heavy atom. The summed E-state index contributed by atoms with van der Waals surface area (Å²) in [4.78, 5) is 29.7. The number of morpholine rings is 1. The molecule has 1 aromatic heterocycles. The quantitative estimate of drug-likeness (QED) is 0.346. The van der Waals surface area contributed by atoms with E-state index < -0.39 is 11.8 Å². The van der Waals surface area contributed by atoms with Crippen LogP contribution in [0.5, 0.6) is 0 Å². The molecule has 0 aliphatic carbocycles. The summed E-state index contributed by atoms with van der Waals surface area (Å²) < 4.78 is 7.58. The number of anilines is 2. The second-order valence-electron chi connectivity index (χ2n) is 8.57. The van der Waals surface area contributed by atoms with Gasteiger partial charge in [-0.05, 0) is 80.2 Å². The van der Waals surface area contributed by atoms with E-state index in [1.54, 1.807) is 18.2 Å². The van der Waals surface area contributed by atoms with E-state index in [2.05, 4.69) is 39.0 Å². The molecule has 2 aromatic carbocycles. The number of carbonyl (C=O) groups excluding carboxylic acids is 2. The lowest BCUT2D eigenvalue weighted by molar-refractivity contribution is -0.122. The van der Waals surface area contributed by atoms with Crippen LogP contribution in [0.25, 0.3) is 11.8 Å². The Kier molecular flexibility index (Phi) is 6.23. The van der Waals surface area contributed by atoms with Crippen LogP contribution in [-0.2, 0) is 14.3 Å². The van der Waals surface area contributed by atoms with E-state index in [0.29, 0.717) is 5.69 Å². The lowest BCUT2D eigenvalue weighted by atomic mass is 10.1. The molecule has 3 heterocycles. The molecule has 2 aliphatic heterocycles. The van der Waals surface area contributed by atoms with Gasteiger partial charge in [-0.15, -0.1) is 0 Å². The van der Waals surface area contributed by atoms with Crippen LogP contribution in [0.1, 0.15) is 17.0 Å². The molecular weight excluding hydrogens is 460 g/mol. The molecule has 2 aliphatic rings. The zero-order chi connectivity index (χ0) is 24.5. The van der Waals surface area contributed by atoms with E-state index >= 15 is 0 Å². The van der Waals surface area contributed by atoms with Crippen molar-refractivity contribution < 1.29 is 14.3 Å². The Balaban J connectivity index is 1.46. The SMILES string of the molecule is Cc1cc(C=C2C(=O)NC(=S)N(c3ccccc3)C2=O)c(C)n1-c1ccc(N2CCOCC2)cc1. The van der Waals surface area contributed by atoms with Crippen molar-refractivity contribution in [2.45, 2.75) is 13.8 Å². The number of nitrogens with one attached hydrogen (secondary N) is 1. The van der Waals surface area contributed by atoms with Gasteiger partial charge in [0.25, 0.3) is 11.8 Å². The number of amides is 2. The number of hydrogen-bond donors (Lipinski definition) is 1. The highest BCUT2D eigenvalue weighted by Crippen LogP contribution is 2.27. The molecule has 5 rings (SSSR count). The Hall–Kier alpha value is -3.75. The van der Waals surface area contributed by atoms with Crippen LogP contribution in [0.4, 0.5) is 11.4 Å². The standard InChI is InChI=1S/C27H26N4O3S/c1-18-16-20(17-24-25(32)28-27(35)31(26(24)33)22-6-4-3-5-7-22)19(2)30(18)23-10-8-21(9-11-23)29-12-14-34-15-13-29/h3-11,16-17H,12-15H2,1-2H3,(H,28,32,35). The molecule has 35 heavy (non-hydrogen) atoms. The van der Waals surface area contributed by atoms with Gasteiger partial charge in [0, 0.05) is 35.9 Å². The Morgan fingerprint density at radius 3 is 2.26 bits per heavy atom. The first-order valence-corrected chi connectivity index (χ1v) is 11.9. The highest BCUT2D eigenvalue weighted by molar-refractivity contribution is 7.80. The fraction of sp³-hybridized carbons (Fsp3) is 0.222. The van der Waals surface area contributed by atoms with Crippen LogP contribution in [0.3, 0.4) is 0 Å². The fourth-order valence-electron chi connectivity index (χ4n) is 4.59. The molecule has 0 radical (unpaired) electrons. The van der Waals surface area contributed by atoms with Gasteiger partial charge in [0.1, 0.15) is 5.57 Å². The molecular formula is C27H26N4O3S. The number of aryl methyl sites for hydroxylation is 1. The number of nitrogens with zero attached hydrogens (tertiary/aromatic N) is 3. The molecule has 8 heteroatoms. The Morgan fingerprint density at radius 1 is 0.914 bits per heavy atom. The maximum absolute atomic E-state index is 13.3. The summed E-state index contributed by atoms with van der Waals surface area (Å²) in [7, 11) is 0. The summed E-state index contributed by atoms with van der Waals surface area (Å²) in [5.74, 6) is -0.934. The Bertz CT molecular complexity index is 1320. The van der Waals surface area contributed by atoms with Crippen LogP contribution < -0.4 is 15.1 Å². The van der Waals surface area contributed by atoms with Crippen LogP contribution in [0.2, 0.25) is 0 Å². The van der Waals surface area contributed by atoms with Crippen molar-refractivity contribution in [1.82, 2.24) is 9.88 Å². The van der Waals surface area contributed by atoms with Crippen molar-refractivity contribution in [2.75, 3.05) is 36.1 Å². The minimum atomic E-state index is -0.494. The van der Waals surface area contributed by atoms with Crippen molar-refractivity contribution in [3.05, 3.63) is 83.2 Å². The third-order valence-electron chi connectivity index (χ3n) is 6.37. The first kappa shape index (κ1) is 23.0. The number of para-hydroxylation sites is 1. The predicted molar refractivity (Wildman–Crippen MR) is 141 cm³/mol.